The van der Waals surface area contributed by atoms with E-state index in [1.54, 1.807) is 4.90 Å². The van der Waals surface area contributed by atoms with Gasteiger partial charge in [0.2, 0.25) is 0 Å². The van der Waals surface area contributed by atoms with Crippen LogP contribution in [0.5, 0.6) is 5.75 Å². The maximum absolute atomic E-state index is 12.6. The number of carbonyl (C=O) groups is 1. The SMILES string of the molecule is O=C(c1ccc(OCC(F)(F)F)cc1)N1CCC(c2ccccc2)CC1. The van der Waals surface area contributed by atoms with Crippen molar-refractivity contribution in [2.45, 2.75) is 24.9 Å². The minimum atomic E-state index is -4.38. The van der Waals surface area contributed by atoms with Crippen LogP contribution in [0.2, 0.25) is 0 Å². The van der Waals surface area contributed by atoms with Gasteiger partial charge >= 0.3 is 6.18 Å². The minimum Gasteiger partial charge on any atom is -0.484 e. The molecule has 0 spiro atoms. The van der Waals surface area contributed by atoms with Crippen LogP contribution in [-0.4, -0.2) is 36.7 Å². The van der Waals surface area contributed by atoms with Crippen molar-refractivity contribution in [3.8, 4) is 5.75 Å². The number of hydrogen-bond acceptors (Lipinski definition) is 2. The predicted molar refractivity (Wildman–Crippen MR) is 92.3 cm³/mol. The van der Waals surface area contributed by atoms with Gasteiger partial charge in [-0.25, -0.2) is 0 Å². The molecule has 6 heteroatoms. The lowest BCUT2D eigenvalue weighted by molar-refractivity contribution is -0.153. The first-order valence-electron chi connectivity index (χ1n) is 8.56. The third kappa shape index (κ3) is 4.77. The van der Waals surface area contributed by atoms with Gasteiger partial charge in [0.05, 0.1) is 0 Å². The molecule has 0 unspecified atom stereocenters. The van der Waals surface area contributed by atoms with Crippen molar-refractivity contribution < 1.29 is 22.7 Å². The Morgan fingerprint density at radius 2 is 1.62 bits per heavy atom. The fourth-order valence-corrected chi connectivity index (χ4v) is 3.18. The third-order valence-corrected chi connectivity index (χ3v) is 4.56. The molecule has 1 fully saturated rings. The average molecular weight is 363 g/mol. The highest BCUT2D eigenvalue weighted by Gasteiger charge is 2.28. The number of ether oxygens (including phenoxy) is 1. The Balaban J connectivity index is 1.55. The van der Waals surface area contributed by atoms with Gasteiger partial charge in [-0.1, -0.05) is 30.3 Å². The van der Waals surface area contributed by atoms with Crippen molar-refractivity contribution in [3.63, 3.8) is 0 Å². The predicted octanol–water partition coefficient (Wildman–Crippen LogP) is 4.65. The van der Waals surface area contributed by atoms with Gasteiger partial charge < -0.3 is 9.64 Å². The Labute approximate surface area is 150 Å². The van der Waals surface area contributed by atoms with Crippen molar-refractivity contribution in [2.75, 3.05) is 19.7 Å². The maximum Gasteiger partial charge on any atom is 0.422 e. The molecule has 0 saturated carbocycles. The van der Waals surface area contributed by atoms with Gasteiger partial charge in [-0.15, -0.1) is 0 Å². The third-order valence-electron chi connectivity index (χ3n) is 4.56. The quantitative estimate of drug-likeness (QED) is 0.792. The molecule has 1 heterocycles. The van der Waals surface area contributed by atoms with Crippen molar-refractivity contribution in [3.05, 3.63) is 65.7 Å². The van der Waals surface area contributed by atoms with E-state index < -0.39 is 12.8 Å². The molecular formula is C20H20F3NO2. The molecule has 0 N–H and O–H groups in total. The van der Waals surface area contributed by atoms with E-state index >= 15 is 0 Å². The summed E-state index contributed by atoms with van der Waals surface area (Å²) in [5.41, 5.74) is 1.76. The lowest BCUT2D eigenvalue weighted by atomic mass is 9.89. The zero-order chi connectivity index (χ0) is 18.6. The summed E-state index contributed by atoms with van der Waals surface area (Å²) < 4.78 is 41.1. The summed E-state index contributed by atoms with van der Waals surface area (Å²) in [4.78, 5) is 14.4. The first-order chi connectivity index (χ1) is 12.4. The first-order valence-corrected chi connectivity index (χ1v) is 8.56. The summed E-state index contributed by atoms with van der Waals surface area (Å²) >= 11 is 0. The number of alkyl halides is 3. The van der Waals surface area contributed by atoms with E-state index in [0.717, 1.165) is 12.8 Å². The largest absolute Gasteiger partial charge is 0.484 e. The van der Waals surface area contributed by atoms with Crippen molar-refractivity contribution in [1.82, 2.24) is 4.90 Å². The number of amides is 1. The monoisotopic (exact) mass is 363 g/mol. The summed E-state index contributed by atoms with van der Waals surface area (Å²) in [6, 6.07) is 16.1. The Morgan fingerprint density at radius 1 is 1.00 bits per heavy atom. The summed E-state index contributed by atoms with van der Waals surface area (Å²) in [7, 11) is 0. The van der Waals surface area contributed by atoms with E-state index in [1.165, 1.54) is 29.8 Å². The van der Waals surface area contributed by atoms with Gasteiger partial charge in [-0.2, -0.15) is 13.2 Å². The van der Waals surface area contributed by atoms with E-state index in [-0.39, 0.29) is 11.7 Å². The standard InChI is InChI=1S/C20H20F3NO2/c21-20(22,23)14-26-18-8-6-17(7-9-18)19(25)24-12-10-16(11-13-24)15-4-2-1-3-5-15/h1-9,16H,10-14H2. The molecule has 1 saturated heterocycles. The van der Waals surface area contributed by atoms with Crippen LogP contribution < -0.4 is 4.74 Å². The Kier molecular flexibility index (Phi) is 5.49. The summed E-state index contributed by atoms with van der Waals surface area (Å²) in [5.74, 6) is 0.457. The zero-order valence-electron chi connectivity index (χ0n) is 14.2. The molecule has 3 rings (SSSR count). The maximum atomic E-state index is 12.6. The number of benzene rings is 2. The Bertz CT molecular complexity index is 721. The second-order valence-electron chi connectivity index (χ2n) is 6.41. The fraction of sp³-hybridized carbons (Fsp3) is 0.350. The first kappa shape index (κ1) is 18.3. The van der Waals surface area contributed by atoms with Gasteiger partial charge in [-0.05, 0) is 48.6 Å². The van der Waals surface area contributed by atoms with E-state index in [2.05, 4.69) is 16.9 Å². The second kappa shape index (κ2) is 7.81. The van der Waals surface area contributed by atoms with E-state index in [4.69, 9.17) is 0 Å². The molecule has 138 valence electrons. The van der Waals surface area contributed by atoms with Gasteiger partial charge in [0.1, 0.15) is 5.75 Å². The molecule has 2 aromatic carbocycles. The number of piperidine rings is 1. The van der Waals surface area contributed by atoms with Gasteiger partial charge in [-0.3, -0.25) is 4.79 Å². The zero-order valence-corrected chi connectivity index (χ0v) is 14.2. The smallest absolute Gasteiger partial charge is 0.422 e. The van der Waals surface area contributed by atoms with Crippen LogP contribution >= 0.6 is 0 Å². The molecule has 2 aromatic rings. The van der Waals surface area contributed by atoms with Crippen LogP contribution in [0.3, 0.4) is 0 Å². The molecule has 0 bridgehead atoms. The number of nitrogens with zero attached hydrogens (tertiary/aromatic N) is 1. The number of likely N-dealkylation sites (tertiary alicyclic amines) is 1. The van der Waals surface area contributed by atoms with E-state index in [0.29, 0.717) is 24.6 Å². The lowest BCUT2D eigenvalue weighted by Crippen LogP contribution is -2.37. The van der Waals surface area contributed by atoms with Crippen molar-refractivity contribution in [2.24, 2.45) is 0 Å². The highest BCUT2D eigenvalue weighted by molar-refractivity contribution is 5.94. The number of rotatable bonds is 4. The van der Waals surface area contributed by atoms with Crippen LogP contribution in [0, 0.1) is 0 Å². The van der Waals surface area contributed by atoms with Gasteiger partial charge in [0.15, 0.2) is 6.61 Å². The number of carbonyl (C=O) groups excluding carboxylic acids is 1. The van der Waals surface area contributed by atoms with E-state index in [1.807, 2.05) is 18.2 Å². The molecule has 0 atom stereocenters. The molecule has 0 aliphatic carbocycles. The van der Waals surface area contributed by atoms with Crippen LogP contribution in [0.15, 0.2) is 54.6 Å². The number of hydrogen-bond donors (Lipinski definition) is 0. The van der Waals surface area contributed by atoms with E-state index in [9.17, 15) is 18.0 Å². The van der Waals surface area contributed by atoms with Gasteiger partial charge in [0.25, 0.3) is 5.91 Å². The minimum absolute atomic E-state index is 0.0983. The summed E-state index contributed by atoms with van der Waals surface area (Å²) in [5, 5.41) is 0. The Hall–Kier alpha value is -2.50. The molecule has 1 amide bonds. The number of halogens is 3. The van der Waals surface area contributed by atoms with Crippen LogP contribution in [0.1, 0.15) is 34.7 Å². The van der Waals surface area contributed by atoms with Crippen LogP contribution in [-0.2, 0) is 0 Å². The molecule has 0 radical (unpaired) electrons. The molecule has 1 aliphatic rings. The van der Waals surface area contributed by atoms with Crippen LogP contribution in [0.4, 0.5) is 13.2 Å². The van der Waals surface area contributed by atoms with Crippen molar-refractivity contribution in [1.29, 1.82) is 0 Å². The molecule has 26 heavy (non-hydrogen) atoms. The second-order valence-corrected chi connectivity index (χ2v) is 6.41. The molecule has 0 aromatic heterocycles. The lowest BCUT2D eigenvalue weighted by Gasteiger charge is -2.32. The fourth-order valence-electron chi connectivity index (χ4n) is 3.18. The van der Waals surface area contributed by atoms with Gasteiger partial charge in [0, 0.05) is 18.7 Å². The summed E-state index contributed by atoms with van der Waals surface area (Å²) in [6.07, 6.45) is -2.57. The molecular weight excluding hydrogens is 343 g/mol. The normalized spacial score (nSPS) is 15.7. The highest BCUT2D eigenvalue weighted by Crippen LogP contribution is 2.28. The topological polar surface area (TPSA) is 29.5 Å². The summed E-state index contributed by atoms with van der Waals surface area (Å²) in [6.45, 7) is 0.00271. The van der Waals surface area contributed by atoms with Crippen molar-refractivity contribution >= 4 is 5.91 Å². The molecule has 1 aliphatic heterocycles. The molecule has 3 nitrogen and oxygen atoms in total. The average Bonchev–Trinajstić information content (AvgIpc) is 2.66. The Morgan fingerprint density at radius 3 is 2.19 bits per heavy atom. The highest BCUT2D eigenvalue weighted by atomic mass is 19.4. The van der Waals surface area contributed by atoms with Crippen LogP contribution in [0.25, 0.3) is 0 Å².